The largest absolute Gasteiger partial charge is 0.487 e. The first kappa shape index (κ1) is 13.4. The van der Waals surface area contributed by atoms with Gasteiger partial charge in [-0.2, -0.15) is 0 Å². The third kappa shape index (κ3) is 3.48. The molecule has 0 atom stereocenters. The maximum atomic E-state index is 13.4. The fourth-order valence-corrected chi connectivity index (χ4v) is 1.62. The first-order valence-electron chi connectivity index (χ1n) is 5.91. The van der Waals surface area contributed by atoms with Gasteiger partial charge in [0.15, 0.2) is 0 Å². The topological polar surface area (TPSA) is 48.1 Å². The number of nitrogens with zero attached hydrogens (tertiary/aromatic N) is 1. The van der Waals surface area contributed by atoms with E-state index in [-0.39, 0.29) is 12.2 Å². The van der Waals surface area contributed by atoms with Crippen molar-refractivity contribution in [3.63, 3.8) is 0 Å². The van der Waals surface area contributed by atoms with Crippen LogP contribution in [0.5, 0.6) is 5.75 Å². The van der Waals surface area contributed by atoms with Gasteiger partial charge in [0.1, 0.15) is 24.0 Å². The summed E-state index contributed by atoms with van der Waals surface area (Å²) in [7, 11) is 0. The number of hydrogen-bond donors (Lipinski definition) is 1. The summed E-state index contributed by atoms with van der Waals surface area (Å²) in [6.07, 6.45) is 2.20. The molecule has 1 heterocycles. The molecule has 2 rings (SSSR count). The van der Waals surface area contributed by atoms with Gasteiger partial charge >= 0.3 is 0 Å². The number of rotatable bonds is 5. The molecule has 2 N–H and O–H groups in total. The summed E-state index contributed by atoms with van der Waals surface area (Å²) in [5.74, 6) is -0.774. The highest BCUT2D eigenvalue weighted by Crippen LogP contribution is 2.16. The normalized spacial score (nSPS) is 10.5. The summed E-state index contributed by atoms with van der Waals surface area (Å²) in [6, 6.07) is 7.20. The average Bonchev–Trinajstić information content (AvgIpc) is 2.40. The lowest BCUT2D eigenvalue weighted by Crippen LogP contribution is -2.05. The van der Waals surface area contributed by atoms with Crippen LogP contribution in [0.4, 0.5) is 8.78 Å². The van der Waals surface area contributed by atoms with Gasteiger partial charge in [-0.1, -0.05) is 6.07 Å². The minimum atomic E-state index is -0.618. The molecule has 0 aliphatic heterocycles. The van der Waals surface area contributed by atoms with Crippen molar-refractivity contribution in [3.8, 4) is 5.75 Å². The molecular formula is C14H14F2N2O. The lowest BCUT2D eigenvalue weighted by atomic mass is 10.2. The molecule has 19 heavy (non-hydrogen) atoms. The van der Waals surface area contributed by atoms with Crippen molar-refractivity contribution < 1.29 is 13.5 Å². The van der Waals surface area contributed by atoms with Crippen molar-refractivity contribution in [2.24, 2.45) is 5.73 Å². The second-order valence-electron chi connectivity index (χ2n) is 4.01. The van der Waals surface area contributed by atoms with E-state index in [9.17, 15) is 8.78 Å². The van der Waals surface area contributed by atoms with E-state index < -0.39 is 11.6 Å². The molecule has 0 saturated carbocycles. The van der Waals surface area contributed by atoms with Gasteiger partial charge < -0.3 is 10.5 Å². The van der Waals surface area contributed by atoms with E-state index in [1.165, 1.54) is 24.4 Å². The summed E-state index contributed by atoms with van der Waals surface area (Å²) in [6.45, 7) is 0.351. The highest BCUT2D eigenvalue weighted by molar-refractivity contribution is 5.23. The Bertz CT molecular complexity index is 523. The second kappa shape index (κ2) is 6.24. The molecule has 100 valence electrons. The van der Waals surface area contributed by atoms with Gasteiger partial charge in [-0.3, -0.25) is 4.98 Å². The Morgan fingerprint density at radius 2 is 1.84 bits per heavy atom. The van der Waals surface area contributed by atoms with Gasteiger partial charge in [-0.05, 0) is 30.8 Å². The van der Waals surface area contributed by atoms with Gasteiger partial charge in [0.05, 0.1) is 11.8 Å². The van der Waals surface area contributed by atoms with Gasteiger partial charge in [0.2, 0.25) is 0 Å². The van der Waals surface area contributed by atoms with Crippen LogP contribution in [0.15, 0.2) is 36.5 Å². The minimum absolute atomic E-state index is 0.0893. The third-order valence-corrected chi connectivity index (χ3v) is 2.64. The summed E-state index contributed by atoms with van der Waals surface area (Å²) in [5.41, 5.74) is 6.18. The van der Waals surface area contributed by atoms with Crippen LogP contribution in [0.25, 0.3) is 0 Å². The van der Waals surface area contributed by atoms with Crippen LogP contribution in [-0.4, -0.2) is 11.5 Å². The monoisotopic (exact) mass is 264 g/mol. The highest BCUT2D eigenvalue weighted by atomic mass is 19.1. The molecule has 0 radical (unpaired) electrons. The van der Waals surface area contributed by atoms with Crippen LogP contribution in [0, 0.1) is 11.6 Å². The second-order valence-corrected chi connectivity index (χ2v) is 4.01. The van der Waals surface area contributed by atoms with E-state index in [0.717, 1.165) is 5.69 Å². The zero-order chi connectivity index (χ0) is 13.7. The zero-order valence-corrected chi connectivity index (χ0v) is 10.3. The molecule has 5 heteroatoms. The van der Waals surface area contributed by atoms with Crippen LogP contribution in [-0.2, 0) is 13.0 Å². The van der Waals surface area contributed by atoms with E-state index >= 15 is 0 Å². The fraction of sp³-hybridized carbons (Fsp3) is 0.214. The van der Waals surface area contributed by atoms with Gasteiger partial charge in [-0.15, -0.1) is 0 Å². The summed E-state index contributed by atoms with van der Waals surface area (Å²) in [4.78, 5) is 4.13. The Labute approximate surface area is 110 Å². The van der Waals surface area contributed by atoms with E-state index in [0.29, 0.717) is 18.7 Å². The van der Waals surface area contributed by atoms with Crippen LogP contribution in [0.2, 0.25) is 0 Å². The molecule has 1 aromatic carbocycles. The Balaban J connectivity index is 2.02. The lowest BCUT2D eigenvalue weighted by molar-refractivity contribution is 0.291. The van der Waals surface area contributed by atoms with Crippen molar-refractivity contribution in [1.82, 2.24) is 4.98 Å². The molecule has 0 fully saturated rings. The van der Waals surface area contributed by atoms with Crippen molar-refractivity contribution in [2.45, 2.75) is 13.0 Å². The Hall–Kier alpha value is -2.01. The highest BCUT2D eigenvalue weighted by Gasteiger charge is 2.09. The number of halogens is 2. The van der Waals surface area contributed by atoms with E-state index in [1.807, 2.05) is 0 Å². The predicted octanol–water partition coefficient (Wildman–Crippen LogP) is 2.44. The van der Waals surface area contributed by atoms with E-state index in [1.54, 1.807) is 12.1 Å². The number of benzene rings is 1. The lowest BCUT2D eigenvalue weighted by Gasteiger charge is -2.08. The minimum Gasteiger partial charge on any atom is -0.487 e. The van der Waals surface area contributed by atoms with Gasteiger partial charge in [0, 0.05) is 12.1 Å². The van der Waals surface area contributed by atoms with E-state index in [2.05, 4.69) is 4.98 Å². The Morgan fingerprint density at radius 1 is 1.11 bits per heavy atom. The first-order valence-corrected chi connectivity index (χ1v) is 5.91. The molecule has 0 saturated heterocycles. The first-order chi connectivity index (χ1) is 9.20. The summed E-state index contributed by atoms with van der Waals surface area (Å²) in [5, 5.41) is 0. The van der Waals surface area contributed by atoms with Crippen LogP contribution in [0.1, 0.15) is 11.3 Å². The van der Waals surface area contributed by atoms with Gasteiger partial charge in [0.25, 0.3) is 0 Å². The SMILES string of the molecule is NCCc1ccc(OCc2c(F)cccc2F)cn1. The molecule has 0 aliphatic rings. The number of pyridine rings is 1. The molecule has 0 bridgehead atoms. The van der Waals surface area contributed by atoms with Crippen molar-refractivity contribution >= 4 is 0 Å². The Kier molecular flexibility index (Phi) is 4.41. The Morgan fingerprint density at radius 3 is 2.42 bits per heavy atom. The quantitative estimate of drug-likeness (QED) is 0.902. The molecule has 3 nitrogen and oxygen atoms in total. The maximum absolute atomic E-state index is 13.4. The van der Waals surface area contributed by atoms with Crippen LogP contribution in [0.3, 0.4) is 0 Å². The third-order valence-electron chi connectivity index (χ3n) is 2.64. The summed E-state index contributed by atoms with van der Waals surface area (Å²) >= 11 is 0. The maximum Gasteiger partial charge on any atom is 0.138 e. The average molecular weight is 264 g/mol. The fourth-order valence-electron chi connectivity index (χ4n) is 1.62. The molecule has 0 spiro atoms. The smallest absolute Gasteiger partial charge is 0.138 e. The number of nitrogens with two attached hydrogens (primary N) is 1. The number of aromatic nitrogens is 1. The van der Waals surface area contributed by atoms with Crippen LogP contribution >= 0.6 is 0 Å². The zero-order valence-electron chi connectivity index (χ0n) is 10.3. The molecule has 1 aromatic heterocycles. The standard InChI is InChI=1S/C14H14F2N2O/c15-13-2-1-3-14(16)12(13)9-19-11-5-4-10(6-7-17)18-8-11/h1-5,8H,6-7,9,17H2. The molecule has 0 unspecified atom stereocenters. The predicted molar refractivity (Wildman–Crippen MR) is 67.7 cm³/mol. The molecular weight excluding hydrogens is 250 g/mol. The van der Waals surface area contributed by atoms with Gasteiger partial charge in [-0.25, -0.2) is 8.78 Å². The number of ether oxygens (including phenoxy) is 1. The van der Waals surface area contributed by atoms with Crippen molar-refractivity contribution in [2.75, 3.05) is 6.54 Å². The van der Waals surface area contributed by atoms with Crippen molar-refractivity contribution in [3.05, 3.63) is 59.4 Å². The molecule has 0 amide bonds. The molecule has 2 aromatic rings. The van der Waals surface area contributed by atoms with Crippen LogP contribution < -0.4 is 10.5 Å². The van der Waals surface area contributed by atoms with Crippen molar-refractivity contribution in [1.29, 1.82) is 0 Å². The van der Waals surface area contributed by atoms with E-state index in [4.69, 9.17) is 10.5 Å². The number of hydrogen-bond acceptors (Lipinski definition) is 3. The molecule has 0 aliphatic carbocycles. The summed E-state index contributed by atoms with van der Waals surface area (Å²) < 4.78 is 32.0.